The summed E-state index contributed by atoms with van der Waals surface area (Å²) in [5, 5.41) is 2.93. The summed E-state index contributed by atoms with van der Waals surface area (Å²) in [5.41, 5.74) is 2.61. The van der Waals surface area contributed by atoms with Gasteiger partial charge in [-0.1, -0.05) is 68.8 Å². The van der Waals surface area contributed by atoms with E-state index in [0.717, 1.165) is 16.1 Å². The second kappa shape index (κ2) is 10.9. The molecule has 3 aromatic rings. The Hall–Kier alpha value is -3.36. The number of halogens is 1. The zero-order chi connectivity index (χ0) is 27.5. The molecule has 0 aromatic heterocycles. The van der Waals surface area contributed by atoms with Gasteiger partial charge < -0.3 is 10.1 Å². The van der Waals surface area contributed by atoms with Gasteiger partial charge in [-0.3, -0.25) is 13.9 Å². The lowest BCUT2D eigenvalue weighted by molar-refractivity contribution is -0.116. The Bertz CT molecular complexity index is 1410. The first-order valence-corrected chi connectivity index (χ1v) is 13.8. The van der Waals surface area contributed by atoms with Crippen molar-refractivity contribution >= 4 is 44.7 Å². The molecule has 1 atom stereocenters. The fraction of sp³-hybridized carbons (Fsp3) is 0.286. The third-order valence-corrected chi connectivity index (χ3v) is 7.42. The van der Waals surface area contributed by atoms with Gasteiger partial charge in [0.05, 0.1) is 24.1 Å². The predicted octanol–water partition coefficient (Wildman–Crippen LogP) is 5.67. The molecule has 0 aliphatic carbocycles. The molecular formula is C28H31ClN2O5S. The smallest absolute Gasteiger partial charge is 0.247 e. The van der Waals surface area contributed by atoms with E-state index in [-0.39, 0.29) is 21.9 Å². The van der Waals surface area contributed by atoms with Crippen LogP contribution in [0, 0.1) is 0 Å². The molecule has 0 spiro atoms. The summed E-state index contributed by atoms with van der Waals surface area (Å²) in [4.78, 5) is 26.2. The van der Waals surface area contributed by atoms with Gasteiger partial charge in [-0.15, -0.1) is 0 Å². The molecular weight excluding hydrogens is 512 g/mol. The summed E-state index contributed by atoms with van der Waals surface area (Å²) in [6, 6.07) is 17.4. The molecule has 0 bridgehead atoms. The van der Waals surface area contributed by atoms with E-state index in [4.69, 9.17) is 16.3 Å². The molecule has 0 aliphatic heterocycles. The number of benzene rings is 3. The van der Waals surface area contributed by atoms with Crippen LogP contribution in [0.25, 0.3) is 0 Å². The summed E-state index contributed by atoms with van der Waals surface area (Å²) in [6.45, 7) is 7.78. The van der Waals surface area contributed by atoms with Crippen molar-refractivity contribution in [2.45, 2.75) is 39.2 Å². The van der Waals surface area contributed by atoms with E-state index in [1.807, 2.05) is 12.1 Å². The number of sulfonamides is 1. The number of ether oxygens (including phenoxy) is 1. The van der Waals surface area contributed by atoms with Gasteiger partial charge in [0.2, 0.25) is 15.9 Å². The lowest BCUT2D eigenvalue weighted by atomic mass is 9.86. The zero-order valence-electron chi connectivity index (χ0n) is 21.7. The van der Waals surface area contributed by atoms with Crippen LogP contribution in [0.1, 0.15) is 49.2 Å². The van der Waals surface area contributed by atoms with Gasteiger partial charge in [0.15, 0.2) is 5.78 Å². The van der Waals surface area contributed by atoms with Crippen LogP contribution in [-0.2, 0) is 20.2 Å². The van der Waals surface area contributed by atoms with Crippen LogP contribution in [-0.4, -0.2) is 39.5 Å². The minimum atomic E-state index is -3.84. The molecule has 3 aromatic carbocycles. The third-order valence-electron chi connectivity index (χ3n) is 5.88. The van der Waals surface area contributed by atoms with E-state index in [2.05, 4.69) is 26.1 Å². The van der Waals surface area contributed by atoms with Gasteiger partial charge >= 0.3 is 0 Å². The van der Waals surface area contributed by atoms with Gasteiger partial charge in [0.1, 0.15) is 11.8 Å². The second-order valence-corrected chi connectivity index (χ2v) is 12.0. The van der Waals surface area contributed by atoms with E-state index in [9.17, 15) is 18.0 Å². The molecule has 0 fully saturated rings. The van der Waals surface area contributed by atoms with Crippen molar-refractivity contribution in [1.29, 1.82) is 0 Å². The van der Waals surface area contributed by atoms with E-state index in [0.29, 0.717) is 22.6 Å². The van der Waals surface area contributed by atoms with Crippen molar-refractivity contribution in [3.63, 3.8) is 0 Å². The van der Waals surface area contributed by atoms with Crippen LogP contribution in [0.3, 0.4) is 0 Å². The molecule has 0 radical (unpaired) electrons. The molecule has 7 nitrogen and oxygen atoms in total. The number of carbonyl (C=O) groups excluding carboxylic acids is 2. The first-order valence-electron chi connectivity index (χ1n) is 11.6. The maximum Gasteiger partial charge on any atom is 0.247 e. The van der Waals surface area contributed by atoms with E-state index in [1.165, 1.54) is 32.2 Å². The number of anilines is 2. The van der Waals surface area contributed by atoms with Gasteiger partial charge in [-0.05, 0) is 48.2 Å². The average Bonchev–Trinajstić information content (AvgIpc) is 2.82. The maximum atomic E-state index is 13.1. The van der Waals surface area contributed by atoms with Crippen molar-refractivity contribution in [2.24, 2.45) is 0 Å². The summed E-state index contributed by atoms with van der Waals surface area (Å²) in [5.74, 6) is -0.378. The van der Waals surface area contributed by atoms with E-state index >= 15 is 0 Å². The minimum absolute atomic E-state index is 0.0283. The highest BCUT2D eigenvalue weighted by Gasteiger charge is 2.30. The quantitative estimate of drug-likeness (QED) is 0.370. The molecule has 0 unspecified atom stereocenters. The van der Waals surface area contributed by atoms with Gasteiger partial charge in [-0.25, -0.2) is 8.42 Å². The molecule has 9 heteroatoms. The highest BCUT2D eigenvalue weighted by Crippen LogP contribution is 2.31. The van der Waals surface area contributed by atoms with Gasteiger partial charge in [0, 0.05) is 16.8 Å². The molecule has 0 saturated carbocycles. The van der Waals surface area contributed by atoms with E-state index in [1.54, 1.807) is 36.4 Å². The SMILES string of the molecule is COc1ccc(N([C@@H](C)C(=O)Nc2cccc(C(=O)c3ccc(C(C)(C)C)cc3)c2)S(C)(=O)=O)cc1Cl. The Morgan fingerprint density at radius 3 is 2.16 bits per heavy atom. The Balaban J connectivity index is 1.83. The van der Waals surface area contributed by atoms with Crippen LogP contribution in [0.2, 0.25) is 5.02 Å². The number of hydrogen-bond acceptors (Lipinski definition) is 5. The predicted molar refractivity (Wildman–Crippen MR) is 148 cm³/mol. The highest BCUT2D eigenvalue weighted by molar-refractivity contribution is 7.92. The van der Waals surface area contributed by atoms with Crippen LogP contribution >= 0.6 is 11.6 Å². The molecule has 0 heterocycles. The lowest BCUT2D eigenvalue weighted by Gasteiger charge is -2.28. The molecule has 0 saturated heterocycles. The molecule has 1 amide bonds. The molecule has 1 N–H and O–H groups in total. The summed E-state index contributed by atoms with van der Waals surface area (Å²) < 4.78 is 31.3. The van der Waals surface area contributed by atoms with Crippen molar-refractivity contribution in [1.82, 2.24) is 0 Å². The van der Waals surface area contributed by atoms with Crippen molar-refractivity contribution in [3.05, 3.63) is 88.4 Å². The largest absolute Gasteiger partial charge is 0.495 e. The first kappa shape index (κ1) is 28.2. The summed E-state index contributed by atoms with van der Waals surface area (Å²) >= 11 is 6.19. The fourth-order valence-electron chi connectivity index (χ4n) is 3.87. The van der Waals surface area contributed by atoms with E-state index < -0.39 is 22.0 Å². The molecule has 37 heavy (non-hydrogen) atoms. The number of hydrogen-bond donors (Lipinski definition) is 1. The number of nitrogens with one attached hydrogen (secondary N) is 1. The van der Waals surface area contributed by atoms with Crippen LogP contribution in [0.5, 0.6) is 5.75 Å². The van der Waals surface area contributed by atoms with Gasteiger partial charge in [0.25, 0.3) is 0 Å². The van der Waals surface area contributed by atoms with Crippen LogP contribution in [0.4, 0.5) is 11.4 Å². The highest BCUT2D eigenvalue weighted by atomic mass is 35.5. The maximum absolute atomic E-state index is 13.1. The zero-order valence-corrected chi connectivity index (χ0v) is 23.3. The number of rotatable bonds is 8. The van der Waals surface area contributed by atoms with Crippen LogP contribution in [0.15, 0.2) is 66.7 Å². The average molecular weight is 543 g/mol. The topological polar surface area (TPSA) is 92.8 Å². The van der Waals surface area contributed by atoms with Crippen molar-refractivity contribution in [2.75, 3.05) is 23.0 Å². The standard InChI is InChI=1S/C28H31ClN2O5S/c1-18(31(37(6,34)35)23-14-15-25(36-5)24(29)17-23)27(33)30-22-9-7-8-20(16-22)26(32)19-10-12-21(13-11-19)28(2,3)4/h7-18H,1-6H3,(H,30,33)/t18-/m0/s1. The Morgan fingerprint density at radius 1 is 0.973 bits per heavy atom. The first-order chi connectivity index (χ1) is 17.2. The molecule has 196 valence electrons. The normalized spacial score (nSPS) is 12.5. The molecule has 0 aliphatic rings. The number of nitrogens with zero attached hydrogens (tertiary/aromatic N) is 1. The van der Waals surface area contributed by atoms with Crippen molar-refractivity contribution < 1.29 is 22.7 Å². The van der Waals surface area contributed by atoms with Crippen molar-refractivity contribution in [3.8, 4) is 5.75 Å². The Labute approximate surface area is 223 Å². The lowest BCUT2D eigenvalue weighted by Crippen LogP contribution is -2.45. The minimum Gasteiger partial charge on any atom is -0.495 e. The van der Waals surface area contributed by atoms with Gasteiger partial charge in [-0.2, -0.15) is 0 Å². The third kappa shape index (κ3) is 6.70. The van der Waals surface area contributed by atoms with Crippen LogP contribution < -0.4 is 14.4 Å². The fourth-order valence-corrected chi connectivity index (χ4v) is 5.29. The number of methoxy groups -OCH3 is 1. The molecule has 3 rings (SSSR count). The monoisotopic (exact) mass is 542 g/mol. The Kier molecular flexibility index (Phi) is 8.35. The number of ketones is 1. The summed E-state index contributed by atoms with van der Waals surface area (Å²) in [6.07, 6.45) is 1.01. The number of amides is 1. The number of carbonyl (C=O) groups is 2. The Morgan fingerprint density at radius 2 is 1.62 bits per heavy atom. The second-order valence-electron chi connectivity index (χ2n) is 9.78. The summed E-state index contributed by atoms with van der Waals surface area (Å²) in [7, 11) is -2.39.